The van der Waals surface area contributed by atoms with Crippen molar-refractivity contribution in [2.24, 2.45) is 7.05 Å². The van der Waals surface area contributed by atoms with E-state index in [1.165, 1.54) is 17.5 Å². The van der Waals surface area contributed by atoms with E-state index in [9.17, 15) is 9.59 Å². The van der Waals surface area contributed by atoms with Crippen LogP contribution in [0.3, 0.4) is 0 Å². The fourth-order valence-electron chi connectivity index (χ4n) is 2.55. The van der Waals surface area contributed by atoms with Gasteiger partial charge in [-0.25, -0.2) is 0 Å². The Bertz CT molecular complexity index is 976. The summed E-state index contributed by atoms with van der Waals surface area (Å²) in [6.45, 7) is 5.61. The molecule has 0 atom stereocenters. The SMILES string of the molecule is Cc1ccc(C(=O)Nc2c(C)nn(C)c2C)cc1NC(=O)c1cncs1. The molecule has 0 radical (unpaired) electrons. The van der Waals surface area contributed by atoms with E-state index < -0.39 is 0 Å². The van der Waals surface area contributed by atoms with Crippen LogP contribution in [0, 0.1) is 20.8 Å². The molecular weight excluding hydrogens is 350 g/mol. The first-order chi connectivity index (χ1) is 12.4. The van der Waals surface area contributed by atoms with E-state index in [1.54, 1.807) is 28.4 Å². The zero-order chi connectivity index (χ0) is 18.8. The lowest BCUT2D eigenvalue weighted by molar-refractivity contribution is 0.101. The van der Waals surface area contributed by atoms with Crippen molar-refractivity contribution >= 4 is 34.5 Å². The van der Waals surface area contributed by atoms with E-state index >= 15 is 0 Å². The fraction of sp³-hybridized carbons (Fsp3) is 0.222. The van der Waals surface area contributed by atoms with Gasteiger partial charge in [0.15, 0.2) is 0 Å². The number of hydrogen-bond acceptors (Lipinski definition) is 5. The van der Waals surface area contributed by atoms with Gasteiger partial charge in [-0.05, 0) is 38.5 Å². The third kappa shape index (κ3) is 3.50. The van der Waals surface area contributed by atoms with Gasteiger partial charge in [0.1, 0.15) is 4.88 Å². The Balaban J connectivity index is 1.82. The number of hydrogen-bond donors (Lipinski definition) is 2. The van der Waals surface area contributed by atoms with Crippen LogP contribution in [-0.2, 0) is 7.05 Å². The molecule has 2 heterocycles. The molecule has 0 saturated carbocycles. The number of aryl methyl sites for hydroxylation is 3. The topological polar surface area (TPSA) is 88.9 Å². The van der Waals surface area contributed by atoms with Crippen LogP contribution in [0.15, 0.2) is 29.9 Å². The Kier molecular flexibility index (Phi) is 4.85. The predicted molar refractivity (Wildman–Crippen MR) is 102 cm³/mol. The second-order valence-electron chi connectivity index (χ2n) is 5.97. The van der Waals surface area contributed by atoms with Gasteiger partial charge in [0.25, 0.3) is 11.8 Å². The maximum absolute atomic E-state index is 12.6. The maximum Gasteiger partial charge on any atom is 0.267 e. The minimum absolute atomic E-state index is 0.243. The first-order valence-electron chi connectivity index (χ1n) is 7.99. The van der Waals surface area contributed by atoms with E-state index in [2.05, 4.69) is 20.7 Å². The van der Waals surface area contributed by atoms with Crippen molar-refractivity contribution in [3.8, 4) is 0 Å². The van der Waals surface area contributed by atoms with Crippen LogP contribution in [-0.4, -0.2) is 26.6 Å². The van der Waals surface area contributed by atoms with Gasteiger partial charge in [0.2, 0.25) is 0 Å². The van der Waals surface area contributed by atoms with Crippen molar-refractivity contribution in [3.05, 3.63) is 57.3 Å². The van der Waals surface area contributed by atoms with Crippen molar-refractivity contribution in [1.29, 1.82) is 0 Å². The molecule has 0 saturated heterocycles. The van der Waals surface area contributed by atoms with Crippen LogP contribution in [0.5, 0.6) is 0 Å². The molecule has 0 aliphatic carbocycles. The third-order valence-electron chi connectivity index (χ3n) is 4.15. The highest BCUT2D eigenvalue weighted by atomic mass is 32.1. The lowest BCUT2D eigenvalue weighted by Crippen LogP contribution is -2.15. The molecule has 2 aromatic heterocycles. The van der Waals surface area contributed by atoms with Crippen molar-refractivity contribution in [1.82, 2.24) is 14.8 Å². The number of rotatable bonds is 4. The Labute approximate surface area is 155 Å². The third-order valence-corrected chi connectivity index (χ3v) is 4.92. The van der Waals surface area contributed by atoms with Crippen molar-refractivity contribution in [2.75, 3.05) is 10.6 Å². The summed E-state index contributed by atoms with van der Waals surface area (Å²) in [7, 11) is 1.83. The molecule has 1 aromatic carbocycles. The number of anilines is 2. The molecule has 3 rings (SSSR count). The summed E-state index contributed by atoms with van der Waals surface area (Å²) in [4.78, 5) is 29.3. The average molecular weight is 369 g/mol. The number of benzene rings is 1. The van der Waals surface area contributed by atoms with Crippen LogP contribution in [0.4, 0.5) is 11.4 Å². The summed E-state index contributed by atoms with van der Waals surface area (Å²) in [5, 5.41) is 10.0. The van der Waals surface area contributed by atoms with E-state index in [4.69, 9.17) is 0 Å². The molecule has 0 aliphatic rings. The van der Waals surface area contributed by atoms with E-state index in [0.29, 0.717) is 21.8 Å². The Morgan fingerprint density at radius 2 is 1.88 bits per heavy atom. The Morgan fingerprint density at radius 3 is 2.50 bits per heavy atom. The molecular formula is C18H19N5O2S. The first kappa shape index (κ1) is 17.8. The Hall–Kier alpha value is -3.00. The number of aromatic nitrogens is 3. The van der Waals surface area contributed by atoms with Crippen LogP contribution >= 0.6 is 11.3 Å². The summed E-state index contributed by atoms with van der Waals surface area (Å²) in [6.07, 6.45) is 1.51. The molecule has 3 aromatic rings. The molecule has 2 N–H and O–H groups in total. The molecule has 0 fully saturated rings. The van der Waals surface area contributed by atoms with Crippen LogP contribution < -0.4 is 10.6 Å². The normalized spacial score (nSPS) is 10.6. The highest BCUT2D eigenvalue weighted by Gasteiger charge is 2.16. The smallest absolute Gasteiger partial charge is 0.267 e. The fourth-order valence-corrected chi connectivity index (χ4v) is 3.07. The van der Waals surface area contributed by atoms with Gasteiger partial charge in [0, 0.05) is 18.3 Å². The second kappa shape index (κ2) is 7.09. The summed E-state index contributed by atoms with van der Waals surface area (Å²) in [5.41, 5.74) is 5.85. The quantitative estimate of drug-likeness (QED) is 0.738. The minimum Gasteiger partial charge on any atom is -0.321 e. The van der Waals surface area contributed by atoms with Gasteiger partial charge >= 0.3 is 0 Å². The second-order valence-corrected chi connectivity index (χ2v) is 6.86. The maximum atomic E-state index is 12.6. The number of nitrogens with one attached hydrogen (secondary N) is 2. The summed E-state index contributed by atoms with van der Waals surface area (Å²) < 4.78 is 1.72. The molecule has 134 valence electrons. The van der Waals surface area contributed by atoms with Gasteiger partial charge in [-0.2, -0.15) is 5.10 Å². The number of thiazole rings is 1. The summed E-state index contributed by atoms with van der Waals surface area (Å²) in [5.74, 6) is -0.496. The molecule has 26 heavy (non-hydrogen) atoms. The molecule has 7 nitrogen and oxygen atoms in total. The lowest BCUT2D eigenvalue weighted by Gasteiger charge is -2.11. The number of carbonyl (C=O) groups is 2. The predicted octanol–water partition coefficient (Wildman–Crippen LogP) is 3.31. The number of nitrogens with zero attached hydrogens (tertiary/aromatic N) is 3. The number of carbonyl (C=O) groups excluding carboxylic acids is 2. The first-order valence-corrected chi connectivity index (χ1v) is 8.87. The highest BCUT2D eigenvalue weighted by Crippen LogP contribution is 2.22. The molecule has 2 amide bonds. The molecule has 0 bridgehead atoms. The van der Waals surface area contributed by atoms with Crippen LogP contribution in [0.1, 0.15) is 37.0 Å². The Morgan fingerprint density at radius 1 is 1.12 bits per heavy atom. The zero-order valence-electron chi connectivity index (χ0n) is 15.0. The minimum atomic E-state index is -0.252. The monoisotopic (exact) mass is 369 g/mol. The van der Waals surface area contributed by atoms with E-state index in [0.717, 1.165) is 17.0 Å². The number of amides is 2. The average Bonchev–Trinajstić information content (AvgIpc) is 3.22. The van der Waals surface area contributed by atoms with Gasteiger partial charge < -0.3 is 10.6 Å². The van der Waals surface area contributed by atoms with Crippen LogP contribution in [0.25, 0.3) is 0 Å². The standard InChI is InChI=1S/C18H19N5O2S/c1-10-5-6-13(7-14(10)20-18(25)15-8-19-9-26-15)17(24)21-16-11(2)22-23(4)12(16)3/h5-9H,1-4H3,(H,20,25)(H,21,24). The molecule has 8 heteroatoms. The van der Waals surface area contributed by atoms with E-state index in [1.807, 2.05) is 27.8 Å². The summed E-state index contributed by atoms with van der Waals surface area (Å²) in [6, 6.07) is 5.21. The summed E-state index contributed by atoms with van der Waals surface area (Å²) >= 11 is 1.26. The van der Waals surface area contributed by atoms with Gasteiger partial charge in [-0.1, -0.05) is 6.07 Å². The van der Waals surface area contributed by atoms with Crippen molar-refractivity contribution in [3.63, 3.8) is 0 Å². The zero-order valence-corrected chi connectivity index (χ0v) is 15.8. The molecule has 0 aliphatic heterocycles. The highest BCUT2D eigenvalue weighted by molar-refractivity contribution is 7.11. The lowest BCUT2D eigenvalue weighted by atomic mass is 10.1. The van der Waals surface area contributed by atoms with Gasteiger partial charge in [-0.15, -0.1) is 11.3 Å². The molecule has 0 unspecified atom stereocenters. The largest absolute Gasteiger partial charge is 0.321 e. The van der Waals surface area contributed by atoms with Crippen LogP contribution in [0.2, 0.25) is 0 Å². The van der Waals surface area contributed by atoms with Gasteiger partial charge in [-0.3, -0.25) is 19.3 Å². The molecule has 0 spiro atoms. The van der Waals surface area contributed by atoms with Crippen molar-refractivity contribution < 1.29 is 9.59 Å². The van der Waals surface area contributed by atoms with E-state index in [-0.39, 0.29) is 11.8 Å². The van der Waals surface area contributed by atoms with Crippen molar-refractivity contribution in [2.45, 2.75) is 20.8 Å². The van der Waals surface area contributed by atoms with Gasteiger partial charge in [0.05, 0.1) is 28.8 Å².